The van der Waals surface area contributed by atoms with Crippen LogP contribution in [0.4, 0.5) is 0 Å². The fraction of sp³-hybridized carbons (Fsp3) is 0.429. The molecule has 0 N–H and O–H groups in total. The van der Waals surface area contributed by atoms with Crippen LogP contribution in [0.25, 0.3) is 0 Å². The Morgan fingerprint density at radius 1 is 1.62 bits per heavy atom. The second-order valence-electron chi connectivity index (χ2n) is 2.29. The van der Waals surface area contributed by atoms with E-state index in [0.29, 0.717) is 0 Å². The van der Waals surface area contributed by atoms with Crippen LogP contribution in [-0.2, 0) is 4.79 Å². The van der Waals surface area contributed by atoms with Gasteiger partial charge >= 0.3 is 0 Å². The Bertz CT molecular complexity index is 127. The quantitative estimate of drug-likeness (QED) is 0.389. The lowest BCUT2D eigenvalue weighted by Gasteiger charge is -2.09. The number of allylic oxidation sites excluding steroid dienone is 2. The molecule has 44 valence electrons. The molecule has 0 rings (SSSR count). The molecular formula is C7H10O. The van der Waals surface area contributed by atoms with E-state index in [1.807, 2.05) is 13.8 Å². The summed E-state index contributed by atoms with van der Waals surface area (Å²) in [4.78, 5) is 9.75. The third kappa shape index (κ3) is 2.38. The van der Waals surface area contributed by atoms with E-state index in [4.69, 9.17) is 0 Å². The van der Waals surface area contributed by atoms with Gasteiger partial charge in [-0.2, -0.15) is 0 Å². The molecule has 1 heteroatoms. The van der Waals surface area contributed by atoms with Gasteiger partial charge in [-0.05, 0) is 0 Å². The van der Waals surface area contributed by atoms with E-state index in [2.05, 4.69) is 6.58 Å². The van der Waals surface area contributed by atoms with Gasteiger partial charge in [0.15, 0.2) is 0 Å². The highest BCUT2D eigenvalue weighted by Crippen LogP contribution is 2.15. The number of hydrogen-bond acceptors (Lipinski definition) is 1. The van der Waals surface area contributed by atoms with Crippen LogP contribution >= 0.6 is 0 Å². The maximum atomic E-state index is 9.75. The molecule has 8 heavy (non-hydrogen) atoms. The van der Waals surface area contributed by atoms with Crippen molar-refractivity contribution in [1.82, 2.24) is 0 Å². The van der Waals surface area contributed by atoms with Gasteiger partial charge in [0.2, 0.25) is 0 Å². The van der Waals surface area contributed by atoms with Gasteiger partial charge in [-0.1, -0.05) is 19.9 Å². The normalized spacial score (nSPS) is 9.75. The summed E-state index contributed by atoms with van der Waals surface area (Å²) in [6.07, 6.45) is 3.15. The molecule has 0 saturated heterocycles. The first-order valence-electron chi connectivity index (χ1n) is 2.48. The van der Waals surface area contributed by atoms with Crippen molar-refractivity contribution in [3.63, 3.8) is 0 Å². The maximum absolute atomic E-state index is 9.75. The van der Waals surface area contributed by atoms with Crippen molar-refractivity contribution < 1.29 is 4.79 Å². The van der Waals surface area contributed by atoms with Gasteiger partial charge in [-0.3, -0.25) is 0 Å². The Labute approximate surface area is 49.7 Å². The monoisotopic (exact) mass is 110 g/mol. The van der Waals surface area contributed by atoms with Crippen LogP contribution in [0.1, 0.15) is 13.8 Å². The van der Waals surface area contributed by atoms with Crippen LogP contribution < -0.4 is 0 Å². The van der Waals surface area contributed by atoms with E-state index >= 15 is 0 Å². The minimum atomic E-state index is -0.193. The molecule has 1 nitrogen and oxygen atoms in total. The smallest absolute Gasteiger partial charge is 0.120 e. The molecule has 0 aromatic rings. The van der Waals surface area contributed by atoms with Crippen LogP contribution in [0.15, 0.2) is 18.7 Å². The molecule has 0 fully saturated rings. The van der Waals surface area contributed by atoms with E-state index < -0.39 is 0 Å². The molecule has 0 aliphatic rings. The highest BCUT2D eigenvalue weighted by atomic mass is 16.1. The molecule has 0 atom stereocenters. The van der Waals surface area contributed by atoms with Crippen molar-refractivity contribution in [2.45, 2.75) is 13.8 Å². The fourth-order valence-corrected chi connectivity index (χ4v) is 0.211. The minimum Gasteiger partial charge on any atom is -0.234 e. The maximum Gasteiger partial charge on any atom is 0.120 e. The molecule has 0 aromatic heterocycles. The summed E-state index contributed by atoms with van der Waals surface area (Å²) in [6.45, 7) is 7.33. The predicted molar refractivity (Wildman–Crippen MR) is 34.2 cm³/mol. The summed E-state index contributed by atoms with van der Waals surface area (Å²) in [5.41, 5.74) is -0.193. The first-order chi connectivity index (χ1) is 3.62. The van der Waals surface area contributed by atoms with Crippen molar-refractivity contribution in [3.05, 3.63) is 18.7 Å². The van der Waals surface area contributed by atoms with Gasteiger partial charge in [-0.15, -0.1) is 6.58 Å². The Balaban J connectivity index is 4.11. The summed E-state index contributed by atoms with van der Waals surface area (Å²) in [6, 6.07) is 0. The number of rotatable bonds is 2. The van der Waals surface area contributed by atoms with Crippen LogP contribution in [0.5, 0.6) is 0 Å². The van der Waals surface area contributed by atoms with Crippen molar-refractivity contribution in [3.8, 4) is 0 Å². The Hall–Kier alpha value is -0.810. The van der Waals surface area contributed by atoms with E-state index in [9.17, 15) is 4.79 Å². The van der Waals surface area contributed by atoms with Crippen LogP contribution in [-0.4, -0.2) is 5.94 Å². The summed E-state index contributed by atoms with van der Waals surface area (Å²) in [5, 5.41) is 0. The van der Waals surface area contributed by atoms with Crippen molar-refractivity contribution in [1.29, 1.82) is 0 Å². The lowest BCUT2D eigenvalue weighted by molar-refractivity contribution is 0.559. The molecule has 0 unspecified atom stereocenters. The van der Waals surface area contributed by atoms with Crippen LogP contribution in [0.2, 0.25) is 0 Å². The minimum absolute atomic E-state index is 0.193. The first kappa shape index (κ1) is 7.19. The third-order valence-electron chi connectivity index (χ3n) is 0.957. The van der Waals surface area contributed by atoms with E-state index in [1.165, 1.54) is 6.08 Å². The highest BCUT2D eigenvalue weighted by molar-refractivity contribution is 5.47. The summed E-state index contributed by atoms with van der Waals surface area (Å²) < 4.78 is 0. The molecule has 0 aliphatic heterocycles. The number of carbonyl (C=O) groups excluding carboxylic acids is 1. The Kier molecular flexibility index (Phi) is 2.23. The molecule has 0 saturated carbocycles. The van der Waals surface area contributed by atoms with E-state index in [0.717, 1.165) is 0 Å². The van der Waals surface area contributed by atoms with Gasteiger partial charge in [0.1, 0.15) is 5.94 Å². The van der Waals surface area contributed by atoms with Crippen LogP contribution in [0, 0.1) is 5.41 Å². The van der Waals surface area contributed by atoms with Gasteiger partial charge in [-0.25, -0.2) is 4.79 Å². The van der Waals surface area contributed by atoms with E-state index in [1.54, 1.807) is 12.0 Å². The lowest BCUT2D eigenvalue weighted by atomic mass is 9.95. The first-order valence-corrected chi connectivity index (χ1v) is 2.48. The molecule has 0 spiro atoms. The largest absolute Gasteiger partial charge is 0.234 e. The van der Waals surface area contributed by atoms with E-state index in [-0.39, 0.29) is 5.41 Å². The highest BCUT2D eigenvalue weighted by Gasteiger charge is 2.06. The molecule has 0 aromatic carbocycles. The molecule has 0 heterocycles. The zero-order chi connectivity index (χ0) is 6.62. The molecule has 0 bridgehead atoms. The standard InChI is InChI=1S/C7H10O/c1-4-7(2,3)5-6-8/h4-5H,1H2,2-3H3. The average molecular weight is 110 g/mol. The predicted octanol–water partition coefficient (Wildman–Crippen LogP) is 1.59. The summed E-state index contributed by atoms with van der Waals surface area (Å²) in [5.74, 6) is 1.71. The topological polar surface area (TPSA) is 17.1 Å². The number of hydrogen-bond donors (Lipinski definition) is 0. The second kappa shape index (κ2) is 2.49. The molecular weight excluding hydrogens is 100 g/mol. The zero-order valence-electron chi connectivity index (χ0n) is 5.27. The van der Waals surface area contributed by atoms with Crippen molar-refractivity contribution in [2.75, 3.05) is 0 Å². The van der Waals surface area contributed by atoms with Crippen molar-refractivity contribution >= 4 is 5.94 Å². The third-order valence-corrected chi connectivity index (χ3v) is 0.957. The Morgan fingerprint density at radius 2 is 2.12 bits per heavy atom. The molecule has 0 aliphatic carbocycles. The van der Waals surface area contributed by atoms with Gasteiger partial charge in [0.05, 0.1) is 0 Å². The van der Waals surface area contributed by atoms with Gasteiger partial charge < -0.3 is 0 Å². The van der Waals surface area contributed by atoms with Gasteiger partial charge in [0, 0.05) is 11.5 Å². The lowest BCUT2D eigenvalue weighted by Crippen LogP contribution is -2.00. The fourth-order valence-electron chi connectivity index (χ4n) is 0.211. The van der Waals surface area contributed by atoms with Crippen molar-refractivity contribution in [2.24, 2.45) is 5.41 Å². The Morgan fingerprint density at radius 3 is 2.25 bits per heavy atom. The summed E-state index contributed by atoms with van der Waals surface area (Å²) >= 11 is 0. The van der Waals surface area contributed by atoms with Gasteiger partial charge in [0.25, 0.3) is 0 Å². The molecule has 0 radical (unpaired) electrons. The van der Waals surface area contributed by atoms with Crippen LogP contribution in [0.3, 0.4) is 0 Å². The SMILES string of the molecule is C=CC(C)(C)C=C=O. The average Bonchev–Trinajstić information content (AvgIpc) is 1.67. The molecule has 0 amide bonds. The summed E-state index contributed by atoms with van der Waals surface area (Å²) in [7, 11) is 0. The second-order valence-corrected chi connectivity index (χ2v) is 2.29. The zero-order valence-corrected chi connectivity index (χ0v) is 5.27.